The third kappa shape index (κ3) is 2.67. The van der Waals surface area contributed by atoms with Gasteiger partial charge in [-0.05, 0) is 18.6 Å². The highest BCUT2D eigenvalue weighted by Crippen LogP contribution is 2.05. The highest BCUT2D eigenvalue weighted by molar-refractivity contribution is 5.10. The summed E-state index contributed by atoms with van der Waals surface area (Å²) in [6.07, 6.45) is 8.24. The number of nitrogens with zero attached hydrogens (tertiary/aromatic N) is 3. The van der Waals surface area contributed by atoms with Crippen LogP contribution in [0.4, 0.5) is 0 Å². The molecule has 0 aromatic carbocycles. The van der Waals surface area contributed by atoms with Crippen molar-refractivity contribution < 1.29 is 0 Å². The topological polar surface area (TPSA) is 56.7 Å². The number of nitrogens with two attached hydrogens (primary N) is 1. The van der Waals surface area contributed by atoms with Crippen molar-refractivity contribution in [3.63, 3.8) is 0 Å². The van der Waals surface area contributed by atoms with Crippen LogP contribution in [0.5, 0.6) is 0 Å². The Labute approximate surface area is 95.1 Å². The van der Waals surface area contributed by atoms with Gasteiger partial charge >= 0.3 is 0 Å². The van der Waals surface area contributed by atoms with Crippen LogP contribution < -0.4 is 5.73 Å². The number of aromatic nitrogens is 3. The molecule has 0 amide bonds. The van der Waals surface area contributed by atoms with E-state index in [1.54, 1.807) is 6.20 Å². The predicted molar refractivity (Wildman–Crippen MR) is 62.9 cm³/mol. The summed E-state index contributed by atoms with van der Waals surface area (Å²) >= 11 is 0. The van der Waals surface area contributed by atoms with Crippen molar-refractivity contribution in [1.82, 2.24) is 14.5 Å². The molecular formula is C12H16N4. The quantitative estimate of drug-likeness (QED) is 0.836. The summed E-state index contributed by atoms with van der Waals surface area (Å²) in [7, 11) is 0. The van der Waals surface area contributed by atoms with Crippen molar-refractivity contribution in [3.05, 3.63) is 48.3 Å². The Morgan fingerprint density at radius 2 is 2.31 bits per heavy atom. The van der Waals surface area contributed by atoms with Crippen LogP contribution >= 0.6 is 0 Å². The molecule has 16 heavy (non-hydrogen) atoms. The summed E-state index contributed by atoms with van der Waals surface area (Å²) in [5, 5.41) is 0. The van der Waals surface area contributed by atoms with E-state index in [4.69, 9.17) is 5.73 Å². The second-order valence-corrected chi connectivity index (χ2v) is 4.01. The first-order valence-electron chi connectivity index (χ1n) is 5.40. The van der Waals surface area contributed by atoms with Crippen LogP contribution in [-0.2, 0) is 13.0 Å². The molecule has 0 aliphatic rings. The molecule has 0 aliphatic heterocycles. The van der Waals surface area contributed by atoms with E-state index >= 15 is 0 Å². The Morgan fingerprint density at radius 3 is 3.00 bits per heavy atom. The van der Waals surface area contributed by atoms with Gasteiger partial charge in [0.2, 0.25) is 0 Å². The maximum absolute atomic E-state index is 5.78. The third-order valence-electron chi connectivity index (χ3n) is 2.38. The van der Waals surface area contributed by atoms with Gasteiger partial charge in [-0.1, -0.05) is 6.07 Å². The van der Waals surface area contributed by atoms with Gasteiger partial charge in [-0.25, -0.2) is 4.98 Å². The van der Waals surface area contributed by atoms with Crippen LogP contribution in [0.2, 0.25) is 0 Å². The minimum atomic E-state index is 0.134. The van der Waals surface area contributed by atoms with E-state index in [0.29, 0.717) is 0 Å². The fourth-order valence-electron chi connectivity index (χ4n) is 1.65. The van der Waals surface area contributed by atoms with Crippen LogP contribution in [0, 0.1) is 0 Å². The fourth-order valence-corrected chi connectivity index (χ4v) is 1.65. The molecule has 84 valence electrons. The Kier molecular flexibility index (Phi) is 3.31. The SMILES string of the molecule is CC(N)Cc1nccn1Cc1cccnc1. The van der Waals surface area contributed by atoms with Crippen molar-refractivity contribution >= 4 is 0 Å². The molecule has 0 saturated carbocycles. The standard InChI is InChI=1S/C12H16N4/c1-10(13)7-12-15-5-6-16(12)9-11-3-2-4-14-8-11/h2-6,8,10H,7,9,13H2,1H3. The first-order chi connectivity index (χ1) is 7.75. The van der Waals surface area contributed by atoms with Crippen LogP contribution in [-0.4, -0.2) is 20.6 Å². The van der Waals surface area contributed by atoms with Gasteiger partial charge in [-0.3, -0.25) is 4.98 Å². The number of hydrogen-bond acceptors (Lipinski definition) is 3. The molecule has 4 heteroatoms. The zero-order chi connectivity index (χ0) is 11.4. The molecule has 0 bridgehead atoms. The second-order valence-electron chi connectivity index (χ2n) is 4.01. The Hall–Kier alpha value is -1.68. The Bertz CT molecular complexity index is 433. The minimum absolute atomic E-state index is 0.134. The van der Waals surface area contributed by atoms with Crippen molar-refractivity contribution in [3.8, 4) is 0 Å². The maximum atomic E-state index is 5.78. The number of hydrogen-bond donors (Lipinski definition) is 1. The van der Waals surface area contributed by atoms with Gasteiger partial charge in [0.05, 0.1) is 6.54 Å². The van der Waals surface area contributed by atoms with E-state index in [2.05, 4.69) is 20.6 Å². The summed E-state index contributed by atoms with van der Waals surface area (Å²) in [6, 6.07) is 4.13. The number of imidazole rings is 1. The number of rotatable bonds is 4. The van der Waals surface area contributed by atoms with Crippen LogP contribution in [0.25, 0.3) is 0 Å². The molecule has 2 aromatic rings. The van der Waals surface area contributed by atoms with Gasteiger partial charge in [-0.15, -0.1) is 0 Å². The smallest absolute Gasteiger partial charge is 0.110 e. The van der Waals surface area contributed by atoms with Crippen molar-refractivity contribution in [2.75, 3.05) is 0 Å². The number of pyridine rings is 1. The highest BCUT2D eigenvalue weighted by Gasteiger charge is 2.05. The maximum Gasteiger partial charge on any atom is 0.110 e. The molecule has 0 spiro atoms. The molecule has 1 unspecified atom stereocenters. The molecule has 0 aliphatic carbocycles. The van der Waals surface area contributed by atoms with E-state index in [0.717, 1.165) is 18.8 Å². The first kappa shape index (κ1) is 10.8. The van der Waals surface area contributed by atoms with Crippen LogP contribution in [0.1, 0.15) is 18.3 Å². The zero-order valence-corrected chi connectivity index (χ0v) is 9.37. The lowest BCUT2D eigenvalue weighted by molar-refractivity contribution is 0.648. The zero-order valence-electron chi connectivity index (χ0n) is 9.37. The van der Waals surface area contributed by atoms with Gasteiger partial charge in [0.15, 0.2) is 0 Å². The second kappa shape index (κ2) is 4.90. The van der Waals surface area contributed by atoms with Gasteiger partial charge in [0, 0.05) is 37.3 Å². The lowest BCUT2D eigenvalue weighted by atomic mass is 10.2. The van der Waals surface area contributed by atoms with Crippen molar-refractivity contribution in [2.24, 2.45) is 5.73 Å². The van der Waals surface area contributed by atoms with Gasteiger partial charge in [0.25, 0.3) is 0 Å². The first-order valence-corrected chi connectivity index (χ1v) is 5.40. The summed E-state index contributed by atoms with van der Waals surface area (Å²) in [5.41, 5.74) is 6.95. The lowest BCUT2D eigenvalue weighted by Gasteiger charge is -2.09. The van der Waals surface area contributed by atoms with E-state index in [-0.39, 0.29) is 6.04 Å². The Balaban J connectivity index is 2.13. The molecule has 2 N–H and O–H groups in total. The molecule has 2 heterocycles. The predicted octanol–water partition coefficient (Wildman–Crippen LogP) is 1.22. The fraction of sp³-hybridized carbons (Fsp3) is 0.333. The average molecular weight is 216 g/mol. The van der Waals surface area contributed by atoms with E-state index in [1.165, 1.54) is 5.56 Å². The lowest BCUT2D eigenvalue weighted by Crippen LogP contribution is -2.20. The monoisotopic (exact) mass is 216 g/mol. The third-order valence-corrected chi connectivity index (χ3v) is 2.38. The van der Waals surface area contributed by atoms with Crippen LogP contribution in [0.15, 0.2) is 36.9 Å². The minimum Gasteiger partial charge on any atom is -0.330 e. The Morgan fingerprint density at radius 1 is 1.44 bits per heavy atom. The van der Waals surface area contributed by atoms with E-state index < -0.39 is 0 Å². The summed E-state index contributed by atoms with van der Waals surface area (Å²) in [6.45, 7) is 2.79. The highest BCUT2D eigenvalue weighted by atomic mass is 15.1. The van der Waals surface area contributed by atoms with Gasteiger partial charge in [0.1, 0.15) is 5.82 Å². The van der Waals surface area contributed by atoms with Crippen LogP contribution in [0.3, 0.4) is 0 Å². The molecule has 0 saturated heterocycles. The van der Waals surface area contributed by atoms with E-state index in [1.807, 2.05) is 31.6 Å². The van der Waals surface area contributed by atoms with Gasteiger partial charge in [-0.2, -0.15) is 0 Å². The molecule has 4 nitrogen and oxygen atoms in total. The summed E-state index contributed by atoms with van der Waals surface area (Å²) < 4.78 is 2.11. The summed E-state index contributed by atoms with van der Waals surface area (Å²) in [4.78, 5) is 8.41. The molecule has 1 atom stereocenters. The molecule has 2 rings (SSSR count). The average Bonchev–Trinajstić information content (AvgIpc) is 2.66. The molecular weight excluding hydrogens is 200 g/mol. The molecule has 2 aromatic heterocycles. The van der Waals surface area contributed by atoms with Crippen molar-refractivity contribution in [2.45, 2.75) is 25.9 Å². The summed E-state index contributed by atoms with van der Waals surface area (Å²) in [5.74, 6) is 1.03. The van der Waals surface area contributed by atoms with Crippen molar-refractivity contribution in [1.29, 1.82) is 0 Å². The van der Waals surface area contributed by atoms with E-state index in [9.17, 15) is 0 Å². The molecule has 0 fully saturated rings. The normalized spacial score (nSPS) is 12.6. The largest absolute Gasteiger partial charge is 0.330 e. The molecule has 0 radical (unpaired) electrons. The van der Waals surface area contributed by atoms with Gasteiger partial charge < -0.3 is 10.3 Å².